The molecule has 0 aliphatic heterocycles. The zero-order valence-corrected chi connectivity index (χ0v) is 29.7. The fourth-order valence-corrected chi connectivity index (χ4v) is 8.14. The second kappa shape index (κ2) is 13.4. The van der Waals surface area contributed by atoms with E-state index in [1.807, 2.05) is 0 Å². The van der Waals surface area contributed by atoms with Crippen molar-refractivity contribution in [3.8, 4) is 39.1 Å². The fourth-order valence-electron chi connectivity index (χ4n) is 8.14. The van der Waals surface area contributed by atoms with Gasteiger partial charge in [0, 0.05) is 33.3 Å². The first-order valence-corrected chi connectivity index (χ1v) is 18.5. The lowest BCUT2D eigenvalue weighted by atomic mass is 9.94. The number of rotatable bonds is 7. The molecule has 0 atom stereocenters. The molecular formula is C52H36N2. The van der Waals surface area contributed by atoms with Crippen LogP contribution in [0, 0.1) is 0 Å². The van der Waals surface area contributed by atoms with E-state index in [4.69, 9.17) is 0 Å². The van der Waals surface area contributed by atoms with E-state index < -0.39 is 0 Å². The van der Waals surface area contributed by atoms with Crippen LogP contribution in [0.25, 0.3) is 71.6 Å². The van der Waals surface area contributed by atoms with E-state index in [2.05, 4.69) is 228 Å². The van der Waals surface area contributed by atoms with Crippen molar-refractivity contribution >= 4 is 49.6 Å². The Bertz CT molecular complexity index is 2940. The quantitative estimate of drug-likeness (QED) is 0.162. The van der Waals surface area contributed by atoms with E-state index in [-0.39, 0.29) is 0 Å². The van der Waals surface area contributed by atoms with Gasteiger partial charge in [0.1, 0.15) is 0 Å². The van der Waals surface area contributed by atoms with Crippen molar-refractivity contribution in [1.29, 1.82) is 0 Å². The Morgan fingerprint density at radius 3 is 1.65 bits per heavy atom. The van der Waals surface area contributed by atoms with Gasteiger partial charge in [-0.05, 0) is 87.6 Å². The third-order valence-electron chi connectivity index (χ3n) is 10.6. The van der Waals surface area contributed by atoms with Gasteiger partial charge in [-0.15, -0.1) is 0 Å². The summed E-state index contributed by atoms with van der Waals surface area (Å²) in [6.07, 6.45) is 0. The number of fused-ring (bicyclic) bond motifs is 4. The van der Waals surface area contributed by atoms with Gasteiger partial charge < -0.3 is 9.47 Å². The number of anilines is 3. The molecule has 0 spiro atoms. The van der Waals surface area contributed by atoms with E-state index in [1.54, 1.807) is 0 Å². The van der Waals surface area contributed by atoms with Crippen LogP contribution in [0.1, 0.15) is 0 Å². The van der Waals surface area contributed by atoms with Crippen molar-refractivity contribution in [3.63, 3.8) is 0 Å². The highest BCUT2D eigenvalue weighted by Gasteiger charge is 2.21. The molecule has 54 heavy (non-hydrogen) atoms. The van der Waals surface area contributed by atoms with Crippen molar-refractivity contribution in [2.24, 2.45) is 0 Å². The van der Waals surface area contributed by atoms with E-state index in [0.717, 1.165) is 33.9 Å². The van der Waals surface area contributed by atoms with Crippen LogP contribution in [-0.4, -0.2) is 4.57 Å². The number of nitrogens with zero attached hydrogens (tertiary/aromatic N) is 2. The maximum Gasteiger partial charge on any atom is 0.0547 e. The lowest BCUT2D eigenvalue weighted by molar-refractivity contribution is 1.18. The molecule has 2 heteroatoms. The molecule has 10 rings (SSSR count). The van der Waals surface area contributed by atoms with Crippen LogP contribution in [0.3, 0.4) is 0 Å². The molecule has 0 N–H and O–H groups in total. The zero-order chi connectivity index (χ0) is 35.8. The predicted molar refractivity (Wildman–Crippen MR) is 229 cm³/mol. The molecule has 0 aliphatic rings. The second-order valence-corrected chi connectivity index (χ2v) is 13.7. The van der Waals surface area contributed by atoms with Crippen molar-refractivity contribution in [3.05, 3.63) is 218 Å². The second-order valence-electron chi connectivity index (χ2n) is 13.7. The summed E-state index contributed by atoms with van der Waals surface area (Å²) in [7, 11) is 0. The minimum Gasteiger partial charge on any atom is -0.309 e. The third-order valence-corrected chi connectivity index (χ3v) is 10.6. The Kier molecular flexibility index (Phi) is 7.85. The number of para-hydroxylation sites is 4. The maximum absolute atomic E-state index is 2.44. The van der Waals surface area contributed by atoms with Crippen LogP contribution in [0.5, 0.6) is 0 Å². The van der Waals surface area contributed by atoms with Gasteiger partial charge in [0.2, 0.25) is 0 Å². The summed E-state index contributed by atoms with van der Waals surface area (Å²) in [5.41, 5.74) is 14.0. The molecule has 0 bridgehead atoms. The Balaban J connectivity index is 1.18. The van der Waals surface area contributed by atoms with Crippen LogP contribution in [0.2, 0.25) is 0 Å². The van der Waals surface area contributed by atoms with Crippen molar-refractivity contribution < 1.29 is 0 Å². The highest BCUT2D eigenvalue weighted by Crippen LogP contribution is 2.46. The molecule has 2 nitrogen and oxygen atoms in total. The Morgan fingerprint density at radius 2 is 0.870 bits per heavy atom. The molecule has 0 radical (unpaired) electrons. The van der Waals surface area contributed by atoms with Crippen molar-refractivity contribution in [1.82, 2.24) is 4.57 Å². The van der Waals surface area contributed by atoms with Crippen molar-refractivity contribution in [2.45, 2.75) is 0 Å². The van der Waals surface area contributed by atoms with E-state index in [1.165, 1.54) is 54.8 Å². The van der Waals surface area contributed by atoms with Gasteiger partial charge in [-0.3, -0.25) is 0 Å². The third kappa shape index (κ3) is 5.44. The molecule has 9 aromatic carbocycles. The highest BCUT2D eigenvalue weighted by atomic mass is 15.1. The standard InChI is InChI=1S/C52H36N2/c1-3-18-38(19-4-1)44-25-9-12-29-48(44)54(43-34-33-37-17-7-8-20-39(37)36-43)49-30-13-10-26-45(49)40-21-15-22-41(35-40)46-28-16-32-51-52(46)47-27-11-14-31-50(47)53(51)42-23-5-2-6-24-42/h1-36H. The van der Waals surface area contributed by atoms with Gasteiger partial charge >= 0.3 is 0 Å². The van der Waals surface area contributed by atoms with Crippen LogP contribution in [0.4, 0.5) is 17.1 Å². The zero-order valence-electron chi connectivity index (χ0n) is 29.7. The van der Waals surface area contributed by atoms with E-state index in [0.29, 0.717) is 0 Å². The van der Waals surface area contributed by atoms with Gasteiger partial charge in [-0.1, -0.05) is 164 Å². The molecule has 0 saturated heterocycles. The molecule has 10 aromatic rings. The average molecular weight is 689 g/mol. The number of hydrogen-bond donors (Lipinski definition) is 0. The number of benzene rings is 9. The minimum absolute atomic E-state index is 1.11. The Morgan fingerprint density at radius 1 is 0.333 bits per heavy atom. The maximum atomic E-state index is 2.44. The minimum atomic E-state index is 1.11. The van der Waals surface area contributed by atoms with Gasteiger partial charge in [-0.25, -0.2) is 0 Å². The van der Waals surface area contributed by atoms with E-state index in [9.17, 15) is 0 Å². The lowest BCUT2D eigenvalue weighted by Gasteiger charge is -2.30. The SMILES string of the molecule is c1ccc(-c2ccccc2N(c2ccc3ccccc3c2)c2ccccc2-c2cccc(-c3cccc4c3c3ccccc3n4-c3ccccc3)c2)cc1. The lowest BCUT2D eigenvalue weighted by Crippen LogP contribution is -2.12. The van der Waals surface area contributed by atoms with Crippen LogP contribution in [-0.2, 0) is 0 Å². The van der Waals surface area contributed by atoms with Gasteiger partial charge in [0.05, 0.1) is 22.4 Å². The summed E-state index contributed by atoms with van der Waals surface area (Å²) in [6, 6.07) is 78.9. The van der Waals surface area contributed by atoms with Gasteiger partial charge in [0.15, 0.2) is 0 Å². The topological polar surface area (TPSA) is 8.17 Å². The molecule has 254 valence electrons. The van der Waals surface area contributed by atoms with Crippen LogP contribution in [0.15, 0.2) is 218 Å². The molecule has 0 aliphatic carbocycles. The summed E-state index contributed by atoms with van der Waals surface area (Å²) in [4.78, 5) is 2.44. The smallest absolute Gasteiger partial charge is 0.0547 e. The fraction of sp³-hybridized carbons (Fsp3) is 0. The number of hydrogen-bond acceptors (Lipinski definition) is 1. The highest BCUT2D eigenvalue weighted by molar-refractivity contribution is 6.16. The summed E-state index contributed by atoms with van der Waals surface area (Å²) >= 11 is 0. The molecule has 0 fully saturated rings. The molecule has 0 amide bonds. The average Bonchev–Trinajstić information content (AvgIpc) is 3.59. The summed E-state index contributed by atoms with van der Waals surface area (Å²) in [5.74, 6) is 0. The number of aromatic nitrogens is 1. The first kappa shape index (κ1) is 31.6. The first-order valence-electron chi connectivity index (χ1n) is 18.5. The molecule has 1 aromatic heterocycles. The van der Waals surface area contributed by atoms with E-state index >= 15 is 0 Å². The molecular weight excluding hydrogens is 653 g/mol. The largest absolute Gasteiger partial charge is 0.309 e. The Hall–Kier alpha value is -7.16. The molecule has 0 saturated carbocycles. The molecule has 0 unspecified atom stereocenters. The Labute approximate surface area is 315 Å². The van der Waals surface area contributed by atoms with Crippen LogP contribution >= 0.6 is 0 Å². The van der Waals surface area contributed by atoms with Gasteiger partial charge in [-0.2, -0.15) is 0 Å². The van der Waals surface area contributed by atoms with Crippen molar-refractivity contribution in [2.75, 3.05) is 4.90 Å². The summed E-state index contributed by atoms with van der Waals surface area (Å²) < 4.78 is 2.39. The van der Waals surface area contributed by atoms with Crippen LogP contribution < -0.4 is 4.90 Å². The normalized spacial score (nSPS) is 11.3. The summed E-state index contributed by atoms with van der Waals surface area (Å²) in [6.45, 7) is 0. The van der Waals surface area contributed by atoms with Gasteiger partial charge in [0.25, 0.3) is 0 Å². The molecule has 1 heterocycles. The summed E-state index contributed by atoms with van der Waals surface area (Å²) in [5, 5.41) is 4.94. The monoisotopic (exact) mass is 688 g/mol. The predicted octanol–water partition coefficient (Wildman–Crippen LogP) is 14.4. The first-order chi connectivity index (χ1) is 26.8.